The summed E-state index contributed by atoms with van der Waals surface area (Å²) in [6.07, 6.45) is 0. The van der Waals surface area contributed by atoms with Crippen LogP contribution in [0.3, 0.4) is 0 Å². The predicted octanol–water partition coefficient (Wildman–Crippen LogP) is 18.0. The average molecular weight is 1050 g/mol. The largest absolute Gasteiger partial charge is 0.458 e. The van der Waals surface area contributed by atoms with Crippen LogP contribution in [0.25, 0.3) is 88.4 Å². The van der Waals surface area contributed by atoms with Gasteiger partial charge in [-0.25, -0.2) is 0 Å². The van der Waals surface area contributed by atoms with E-state index in [1.54, 1.807) is 0 Å². The average Bonchev–Trinajstić information content (AvgIpc) is 4.35. The molecule has 0 radical (unpaired) electrons. The van der Waals surface area contributed by atoms with Gasteiger partial charge in [-0.3, -0.25) is 0 Å². The van der Waals surface area contributed by atoms with E-state index in [9.17, 15) is 0 Å². The monoisotopic (exact) mass is 1050 g/mol. The van der Waals surface area contributed by atoms with Gasteiger partial charge in [0.2, 0.25) is 0 Å². The van der Waals surface area contributed by atoms with Gasteiger partial charge in [0.25, 0.3) is 6.71 Å². The van der Waals surface area contributed by atoms with Gasteiger partial charge in [0, 0.05) is 38.5 Å². The Morgan fingerprint density at radius 1 is 0.395 bits per heavy atom. The molecule has 4 aliphatic rings. The van der Waals surface area contributed by atoms with Gasteiger partial charge in [0.1, 0.15) is 11.5 Å². The number of para-hydroxylation sites is 2. The lowest BCUT2D eigenvalue weighted by Crippen LogP contribution is -2.58. The van der Waals surface area contributed by atoms with E-state index in [2.05, 4.69) is 280 Å². The summed E-state index contributed by atoms with van der Waals surface area (Å²) in [7, 11) is 0. The number of hydrogen-bond donors (Lipinski definition) is 0. The van der Waals surface area contributed by atoms with Crippen LogP contribution in [0.2, 0.25) is 0 Å². The molecule has 16 rings (SSSR count). The molecule has 2 aliphatic heterocycles. The van der Waals surface area contributed by atoms with Gasteiger partial charge < -0.3 is 13.9 Å². The Labute approximate surface area is 477 Å². The van der Waals surface area contributed by atoms with Crippen molar-refractivity contribution in [1.82, 2.24) is 9.13 Å². The molecular weight excluding hydrogens is 980 g/mol. The first-order chi connectivity index (χ1) is 38.7. The van der Waals surface area contributed by atoms with Gasteiger partial charge in [0.15, 0.2) is 0 Å². The number of aromatic nitrogens is 2. The number of hydrogen-bond acceptors (Lipinski definition) is 1. The first-order valence-corrected chi connectivity index (χ1v) is 29.4. The quantitative estimate of drug-likeness (QED) is 0.158. The van der Waals surface area contributed by atoms with Crippen LogP contribution in [0, 0.1) is 0 Å². The summed E-state index contributed by atoms with van der Waals surface area (Å²) >= 11 is 0. The van der Waals surface area contributed by atoms with E-state index in [1.165, 1.54) is 144 Å². The van der Waals surface area contributed by atoms with Gasteiger partial charge in [-0.1, -0.05) is 235 Å². The number of fused-ring (bicyclic) bond motifs is 22. The molecule has 1 spiro atoms. The second kappa shape index (κ2) is 16.0. The highest BCUT2D eigenvalue weighted by Crippen LogP contribution is 2.65. The summed E-state index contributed by atoms with van der Waals surface area (Å²) in [5, 5.41) is 5.05. The summed E-state index contributed by atoms with van der Waals surface area (Å²) in [5.41, 5.74) is 28.1. The lowest BCUT2D eigenvalue weighted by atomic mass is 9.34. The van der Waals surface area contributed by atoms with Crippen molar-refractivity contribution in [2.24, 2.45) is 0 Å². The van der Waals surface area contributed by atoms with Gasteiger partial charge in [-0.2, -0.15) is 0 Å². The number of nitrogens with zero attached hydrogens (tertiary/aromatic N) is 2. The first-order valence-electron chi connectivity index (χ1n) is 29.4. The molecule has 4 heterocycles. The Morgan fingerprint density at radius 2 is 0.877 bits per heavy atom. The standard InChI is InChI=1S/C77H67BN2O/c1-73(2,3)46-35-44(36-47(39-46)74(4,5)6)45-37-65-69-66(38-45)81-72-61(34-33-55-53-25-15-20-30-60(53)77(68(55)72)58-28-18-13-23-51(58)52-24-14-19-29-59(52)77)78(69)62-43-57-54-26-16-21-31-63(54)79(50-41-48(75(7,8)9)40-49(42-50)76(10,11)12)70(57)67-56-27-17-22-32-64(56)80(65)71(62)67/h13-43H,1-12H3. The van der Waals surface area contributed by atoms with Crippen LogP contribution >= 0.6 is 0 Å². The van der Waals surface area contributed by atoms with Gasteiger partial charge in [0.05, 0.1) is 27.5 Å². The van der Waals surface area contributed by atoms with Crippen LogP contribution in [0.15, 0.2) is 188 Å². The Hall–Kier alpha value is -8.34. The molecule has 0 unspecified atom stereocenters. The molecule has 0 fully saturated rings. The van der Waals surface area contributed by atoms with E-state index >= 15 is 0 Å². The van der Waals surface area contributed by atoms with E-state index in [0.29, 0.717) is 0 Å². The zero-order valence-electron chi connectivity index (χ0n) is 48.8. The highest BCUT2D eigenvalue weighted by Gasteiger charge is 2.55. The van der Waals surface area contributed by atoms with Crippen molar-refractivity contribution in [3.63, 3.8) is 0 Å². The molecule has 0 saturated heterocycles. The molecule has 81 heavy (non-hydrogen) atoms. The first kappa shape index (κ1) is 48.6. The van der Waals surface area contributed by atoms with E-state index in [0.717, 1.165) is 17.1 Å². The Morgan fingerprint density at radius 3 is 1.44 bits per heavy atom. The molecule has 4 heteroatoms. The second-order valence-electron chi connectivity index (χ2n) is 28.1. The smallest absolute Gasteiger partial charge is 0.256 e. The molecule has 0 amide bonds. The van der Waals surface area contributed by atoms with Crippen LogP contribution < -0.4 is 21.1 Å². The minimum atomic E-state index is -0.602. The summed E-state index contributed by atoms with van der Waals surface area (Å²) in [6, 6.07) is 73.0. The van der Waals surface area contributed by atoms with Crippen LogP contribution in [-0.4, -0.2) is 15.8 Å². The van der Waals surface area contributed by atoms with Gasteiger partial charge in [-0.05, 0) is 147 Å². The Balaban J connectivity index is 1.08. The molecule has 394 valence electrons. The number of benzene rings is 10. The minimum Gasteiger partial charge on any atom is -0.458 e. The summed E-state index contributed by atoms with van der Waals surface area (Å²) < 4.78 is 13.3. The van der Waals surface area contributed by atoms with Crippen molar-refractivity contribution in [3.05, 3.63) is 233 Å². The maximum absolute atomic E-state index is 8.05. The second-order valence-corrected chi connectivity index (χ2v) is 28.1. The molecule has 3 nitrogen and oxygen atoms in total. The molecule has 0 saturated carbocycles. The third-order valence-corrected chi connectivity index (χ3v) is 19.1. The van der Waals surface area contributed by atoms with Crippen molar-refractivity contribution >= 4 is 66.7 Å². The fourth-order valence-electron chi connectivity index (χ4n) is 15.1. The summed E-state index contributed by atoms with van der Waals surface area (Å²) in [4.78, 5) is 0. The third kappa shape index (κ3) is 6.48. The van der Waals surface area contributed by atoms with Crippen LogP contribution in [0.5, 0.6) is 11.5 Å². The molecule has 2 aromatic heterocycles. The molecule has 0 N–H and O–H groups in total. The summed E-state index contributed by atoms with van der Waals surface area (Å²) in [6.45, 7) is 28.0. The van der Waals surface area contributed by atoms with Crippen molar-refractivity contribution in [1.29, 1.82) is 0 Å². The van der Waals surface area contributed by atoms with E-state index < -0.39 is 5.41 Å². The van der Waals surface area contributed by atoms with E-state index in [4.69, 9.17) is 4.74 Å². The van der Waals surface area contributed by atoms with Gasteiger partial charge in [-0.15, -0.1) is 0 Å². The number of ether oxygens (including phenoxy) is 1. The van der Waals surface area contributed by atoms with Gasteiger partial charge >= 0.3 is 0 Å². The van der Waals surface area contributed by atoms with E-state index in [1.807, 2.05) is 0 Å². The highest BCUT2D eigenvalue weighted by molar-refractivity contribution is 6.99. The van der Waals surface area contributed by atoms with Crippen molar-refractivity contribution in [2.75, 3.05) is 0 Å². The van der Waals surface area contributed by atoms with Crippen LogP contribution in [0.1, 0.15) is 128 Å². The molecule has 0 bridgehead atoms. The zero-order chi connectivity index (χ0) is 55.6. The maximum atomic E-state index is 8.05. The normalized spacial score (nSPS) is 14.6. The predicted molar refractivity (Wildman–Crippen MR) is 343 cm³/mol. The molecule has 0 atom stereocenters. The van der Waals surface area contributed by atoms with Crippen molar-refractivity contribution in [2.45, 2.75) is 110 Å². The lowest BCUT2D eigenvalue weighted by Gasteiger charge is -2.38. The fraction of sp³-hybridized carbons (Fsp3) is 0.221. The van der Waals surface area contributed by atoms with Crippen molar-refractivity contribution in [3.8, 4) is 56.3 Å². The topological polar surface area (TPSA) is 19.1 Å². The zero-order valence-corrected chi connectivity index (χ0v) is 48.8. The van der Waals surface area contributed by atoms with Crippen LogP contribution in [-0.2, 0) is 27.1 Å². The van der Waals surface area contributed by atoms with Crippen LogP contribution in [0.4, 0.5) is 0 Å². The maximum Gasteiger partial charge on any atom is 0.256 e. The Bertz CT molecular complexity index is 4650. The Kier molecular flexibility index (Phi) is 9.58. The molecular formula is C77H67BN2O. The highest BCUT2D eigenvalue weighted by atomic mass is 16.5. The fourth-order valence-corrected chi connectivity index (χ4v) is 15.1. The third-order valence-electron chi connectivity index (χ3n) is 19.1. The van der Waals surface area contributed by atoms with Crippen molar-refractivity contribution < 1.29 is 4.74 Å². The molecule has 10 aromatic carbocycles. The SMILES string of the molecule is CC(C)(C)c1cc(-c2cc3c4c(c2)-n2c5ccccc5c5c2c(cc2c6ccccc6n(-c6cc(C(C)(C)C)cc(C(C)(C)C)c6)c25)B4c2ccc4c(c2O3)C2(c3ccccc3-c3ccccc32)c2ccccc2-4)cc(C(C)(C)C)c1. The minimum absolute atomic E-state index is 0.0630. The number of rotatable bonds is 2. The molecule has 2 aliphatic carbocycles. The lowest BCUT2D eigenvalue weighted by molar-refractivity contribution is 0.476. The van der Waals surface area contributed by atoms with E-state index in [-0.39, 0.29) is 28.4 Å². The summed E-state index contributed by atoms with van der Waals surface area (Å²) in [5.74, 6) is 1.90. The molecule has 12 aromatic rings.